The Kier molecular flexibility index (Phi) is 4.58. The number of nitrogens with one attached hydrogen (secondary N) is 1. The van der Waals surface area contributed by atoms with Crippen LogP contribution in [0.2, 0.25) is 39.3 Å². The third-order valence-corrected chi connectivity index (χ3v) is 11.3. The molecule has 0 fully saturated rings. The maximum absolute atomic E-state index is 11.4. The number of hydrogen-bond acceptors (Lipinski definition) is 1. The highest BCUT2D eigenvalue weighted by Crippen LogP contribution is 2.19. The molecule has 0 heterocycles. The zero-order valence-corrected chi connectivity index (χ0v) is 12.7. The van der Waals surface area contributed by atoms with Gasteiger partial charge in [0.05, 0.1) is 16.1 Å². The molecule has 14 heavy (non-hydrogen) atoms. The summed E-state index contributed by atoms with van der Waals surface area (Å²) in [4.78, 5) is 11.4. The van der Waals surface area contributed by atoms with Crippen molar-refractivity contribution in [1.82, 2.24) is 5.32 Å². The highest BCUT2D eigenvalue weighted by atomic mass is 28.4. The lowest BCUT2D eigenvalue weighted by atomic mass is 10.5. The van der Waals surface area contributed by atoms with Crippen LogP contribution >= 0.6 is 0 Å². The molecule has 1 amide bonds. The van der Waals surface area contributed by atoms with Gasteiger partial charge < -0.3 is 5.32 Å². The maximum atomic E-state index is 11.4. The molecule has 0 saturated heterocycles. The first-order chi connectivity index (χ1) is 6.09. The van der Waals surface area contributed by atoms with E-state index in [0.29, 0.717) is 11.7 Å². The molecule has 4 heteroatoms. The minimum absolute atomic E-state index is 0.208. The van der Waals surface area contributed by atoms with E-state index in [0.717, 1.165) is 0 Å². The van der Waals surface area contributed by atoms with Crippen LogP contribution in [0.4, 0.5) is 0 Å². The summed E-state index contributed by atoms with van der Waals surface area (Å²) >= 11 is 0. The largest absolute Gasteiger partial charge is 0.359 e. The summed E-state index contributed by atoms with van der Waals surface area (Å²) in [5.74, 6) is 0.208. The van der Waals surface area contributed by atoms with Gasteiger partial charge in [-0.3, -0.25) is 4.79 Å². The van der Waals surface area contributed by atoms with E-state index in [9.17, 15) is 4.79 Å². The first-order valence-corrected chi connectivity index (χ1v) is 12.5. The highest BCUT2D eigenvalue weighted by molar-refractivity contribution is 6.96. The van der Waals surface area contributed by atoms with E-state index in [1.54, 1.807) is 0 Å². The average Bonchev–Trinajstić information content (AvgIpc) is 1.95. The standard InChI is InChI=1S/C10H25NOSi2/c1-8-9(12)11-10(13(2,3)4)14(5,6)7/h10H,8H2,1-7H3,(H,11,12). The number of amides is 1. The third kappa shape index (κ3) is 4.42. The Bertz CT molecular complexity index is 189. The Morgan fingerprint density at radius 1 is 1.07 bits per heavy atom. The maximum Gasteiger partial charge on any atom is 0.219 e. The van der Waals surface area contributed by atoms with Gasteiger partial charge in [-0.15, -0.1) is 0 Å². The van der Waals surface area contributed by atoms with E-state index in [1.165, 1.54) is 0 Å². The van der Waals surface area contributed by atoms with Crippen LogP contribution < -0.4 is 5.32 Å². The van der Waals surface area contributed by atoms with Gasteiger partial charge in [0.2, 0.25) is 5.91 Å². The molecular weight excluding hydrogens is 206 g/mol. The Morgan fingerprint density at radius 2 is 1.43 bits per heavy atom. The van der Waals surface area contributed by atoms with Crippen molar-refractivity contribution in [2.75, 3.05) is 0 Å². The topological polar surface area (TPSA) is 29.1 Å². The molecule has 0 aliphatic rings. The predicted octanol–water partition coefficient (Wildman–Crippen LogP) is 2.64. The van der Waals surface area contributed by atoms with E-state index in [2.05, 4.69) is 44.6 Å². The lowest BCUT2D eigenvalue weighted by Gasteiger charge is -2.38. The molecule has 0 aliphatic heterocycles. The van der Waals surface area contributed by atoms with E-state index in [4.69, 9.17) is 0 Å². The van der Waals surface area contributed by atoms with Crippen molar-refractivity contribution in [2.24, 2.45) is 0 Å². The molecule has 1 N–H and O–H groups in total. The van der Waals surface area contributed by atoms with Crippen molar-refractivity contribution in [1.29, 1.82) is 0 Å². The van der Waals surface area contributed by atoms with Gasteiger partial charge in [-0.1, -0.05) is 46.2 Å². The van der Waals surface area contributed by atoms with Crippen LogP contribution in [0.1, 0.15) is 13.3 Å². The smallest absolute Gasteiger partial charge is 0.219 e. The Labute approximate surface area is 90.5 Å². The normalized spacial score (nSPS) is 13.1. The molecule has 0 unspecified atom stereocenters. The molecule has 0 aliphatic carbocycles. The summed E-state index contributed by atoms with van der Waals surface area (Å²) in [5.41, 5.74) is 0. The molecular formula is C10H25NOSi2. The van der Waals surface area contributed by atoms with Crippen molar-refractivity contribution in [2.45, 2.75) is 57.9 Å². The van der Waals surface area contributed by atoms with Gasteiger partial charge in [-0.25, -0.2) is 0 Å². The number of carbonyl (C=O) groups excluding carboxylic acids is 1. The van der Waals surface area contributed by atoms with Gasteiger partial charge >= 0.3 is 0 Å². The van der Waals surface area contributed by atoms with Crippen LogP contribution in [0.25, 0.3) is 0 Å². The van der Waals surface area contributed by atoms with Crippen molar-refractivity contribution in [3.05, 3.63) is 0 Å². The summed E-state index contributed by atoms with van der Waals surface area (Å²) in [7, 11) is -2.54. The quantitative estimate of drug-likeness (QED) is 0.741. The van der Waals surface area contributed by atoms with Crippen molar-refractivity contribution >= 4 is 22.1 Å². The van der Waals surface area contributed by atoms with E-state index < -0.39 is 16.1 Å². The number of rotatable bonds is 4. The fourth-order valence-electron chi connectivity index (χ4n) is 2.00. The first-order valence-electron chi connectivity index (χ1n) is 5.38. The molecule has 0 atom stereocenters. The SMILES string of the molecule is CCC(=O)NC([Si](C)(C)C)[Si](C)(C)C. The Hall–Kier alpha value is -0.0962. The fraction of sp³-hybridized carbons (Fsp3) is 0.900. The zero-order valence-electron chi connectivity index (χ0n) is 10.7. The second-order valence-corrected chi connectivity index (χ2v) is 17.3. The predicted molar refractivity (Wildman–Crippen MR) is 68.9 cm³/mol. The third-order valence-electron chi connectivity index (χ3n) is 2.36. The minimum Gasteiger partial charge on any atom is -0.359 e. The van der Waals surface area contributed by atoms with Crippen LogP contribution in [0.3, 0.4) is 0 Å². The zero-order chi connectivity index (χ0) is 11.6. The lowest BCUT2D eigenvalue weighted by molar-refractivity contribution is -0.120. The summed E-state index contributed by atoms with van der Waals surface area (Å²) in [6.07, 6.45) is 0.603. The van der Waals surface area contributed by atoms with Crippen molar-refractivity contribution in [3.63, 3.8) is 0 Å². The molecule has 0 spiro atoms. The van der Waals surface area contributed by atoms with Crippen LogP contribution in [0, 0.1) is 0 Å². The highest BCUT2D eigenvalue weighted by Gasteiger charge is 2.38. The summed E-state index contributed by atoms with van der Waals surface area (Å²) in [6.45, 7) is 16.0. The molecule has 0 aromatic carbocycles. The average molecular weight is 231 g/mol. The summed E-state index contributed by atoms with van der Waals surface area (Å²) in [5, 5.41) is 3.72. The van der Waals surface area contributed by atoms with Crippen molar-refractivity contribution < 1.29 is 4.79 Å². The fourth-order valence-corrected chi connectivity index (χ4v) is 13.6. The van der Waals surface area contributed by atoms with E-state index in [1.807, 2.05) is 6.92 Å². The van der Waals surface area contributed by atoms with E-state index >= 15 is 0 Å². The second kappa shape index (κ2) is 4.62. The second-order valence-electron chi connectivity index (χ2n) is 6.09. The van der Waals surface area contributed by atoms with Gasteiger partial charge in [0.1, 0.15) is 0 Å². The molecule has 0 bridgehead atoms. The van der Waals surface area contributed by atoms with E-state index in [-0.39, 0.29) is 5.91 Å². The number of hydrogen-bond donors (Lipinski definition) is 1. The van der Waals surface area contributed by atoms with Crippen molar-refractivity contribution in [3.8, 4) is 0 Å². The van der Waals surface area contributed by atoms with Crippen LogP contribution in [-0.2, 0) is 4.79 Å². The van der Waals surface area contributed by atoms with Gasteiger partial charge in [-0.2, -0.15) is 0 Å². The van der Waals surface area contributed by atoms with Gasteiger partial charge in [0, 0.05) is 11.7 Å². The molecule has 2 nitrogen and oxygen atoms in total. The van der Waals surface area contributed by atoms with Crippen LogP contribution in [0.5, 0.6) is 0 Å². The summed E-state index contributed by atoms with van der Waals surface area (Å²) in [6, 6.07) is 0. The van der Waals surface area contributed by atoms with Gasteiger partial charge in [0.25, 0.3) is 0 Å². The monoisotopic (exact) mass is 231 g/mol. The molecule has 0 aromatic rings. The molecule has 0 rings (SSSR count). The first kappa shape index (κ1) is 13.9. The molecule has 0 saturated carbocycles. The summed E-state index contributed by atoms with van der Waals surface area (Å²) < 4.78 is 0. The minimum atomic E-state index is -1.27. The number of carbonyl (C=O) groups is 1. The van der Waals surface area contributed by atoms with Crippen LogP contribution in [-0.4, -0.2) is 27.3 Å². The molecule has 0 aromatic heterocycles. The van der Waals surface area contributed by atoms with Gasteiger partial charge in [-0.05, 0) is 0 Å². The molecule has 0 radical (unpaired) electrons. The lowest BCUT2D eigenvalue weighted by Crippen LogP contribution is -2.63. The Balaban J connectivity index is 4.68. The Morgan fingerprint density at radius 3 is 1.64 bits per heavy atom. The van der Waals surface area contributed by atoms with Crippen LogP contribution in [0.15, 0.2) is 0 Å². The van der Waals surface area contributed by atoms with Gasteiger partial charge in [0.15, 0.2) is 0 Å². The molecule has 84 valence electrons.